The highest BCUT2D eigenvalue weighted by Gasteiger charge is 2.08. The Balaban J connectivity index is 1.75. The van der Waals surface area contributed by atoms with Crippen molar-refractivity contribution in [2.45, 2.75) is 0 Å². The molecular weight excluding hydrogens is 289 g/mol. The summed E-state index contributed by atoms with van der Waals surface area (Å²) < 4.78 is 12.7. The van der Waals surface area contributed by atoms with Crippen LogP contribution in [0, 0.1) is 5.82 Å². The van der Waals surface area contributed by atoms with Crippen molar-refractivity contribution in [3.05, 3.63) is 66.0 Å². The van der Waals surface area contributed by atoms with Gasteiger partial charge in [0.1, 0.15) is 5.82 Å². The van der Waals surface area contributed by atoms with Crippen molar-refractivity contribution in [1.29, 1.82) is 0 Å². The van der Waals surface area contributed by atoms with E-state index in [9.17, 15) is 14.0 Å². The molecule has 0 heterocycles. The van der Waals surface area contributed by atoms with E-state index in [-0.39, 0.29) is 29.0 Å². The Morgan fingerprint density at radius 1 is 0.952 bits per heavy atom. The molecule has 0 aliphatic carbocycles. The molecule has 2 rings (SSSR count). The third kappa shape index (κ3) is 5.04. The summed E-state index contributed by atoms with van der Waals surface area (Å²) in [5.41, 5.74) is 1.18. The van der Waals surface area contributed by atoms with Crippen molar-refractivity contribution in [2.75, 3.05) is 16.8 Å². The van der Waals surface area contributed by atoms with Crippen LogP contribution in [0.15, 0.2) is 54.6 Å². The number of hydrogen-bond donors (Lipinski definition) is 1. The van der Waals surface area contributed by atoms with Gasteiger partial charge in [0.2, 0.25) is 5.91 Å². The fourth-order valence-electron chi connectivity index (χ4n) is 1.67. The second-order valence-corrected chi connectivity index (χ2v) is 5.32. The van der Waals surface area contributed by atoms with E-state index in [4.69, 9.17) is 0 Å². The number of hydrogen-bond acceptors (Lipinski definition) is 3. The van der Waals surface area contributed by atoms with Crippen LogP contribution in [0.25, 0.3) is 0 Å². The standard InChI is InChI=1S/C16H14FNO2S/c17-13-8-6-12(7-9-13)15(19)10-21-11-16(20)18-14-4-2-1-3-5-14/h1-9H,10-11H2,(H,18,20). The Morgan fingerprint density at radius 2 is 1.62 bits per heavy atom. The summed E-state index contributed by atoms with van der Waals surface area (Å²) in [6.45, 7) is 0. The van der Waals surface area contributed by atoms with E-state index in [1.807, 2.05) is 18.2 Å². The van der Waals surface area contributed by atoms with Gasteiger partial charge in [-0.25, -0.2) is 4.39 Å². The molecule has 1 amide bonds. The largest absolute Gasteiger partial charge is 0.325 e. The number of rotatable bonds is 6. The van der Waals surface area contributed by atoms with E-state index >= 15 is 0 Å². The number of para-hydroxylation sites is 1. The normalized spacial score (nSPS) is 10.1. The molecule has 21 heavy (non-hydrogen) atoms. The average Bonchev–Trinajstić information content (AvgIpc) is 2.49. The molecule has 0 spiro atoms. The molecule has 2 aromatic rings. The van der Waals surface area contributed by atoms with E-state index in [1.54, 1.807) is 12.1 Å². The molecule has 0 saturated carbocycles. The minimum Gasteiger partial charge on any atom is -0.325 e. The van der Waals surface area contributed by atoms with Crippen LogP contribution in [0.1, 0.15) is 10.4 Å². The molecule has 3 nitrogen and oxygen atoms in total. The number of carbonyl (C=O) groups excluding carboxylic acids is 2. The summed E-state index contributed by atoms with van der Waals surface area (Å²) in [7, 11) is 0. The van der Waals surface area contributed by atoms with Crippen molar-refractivity contribution < 1.29 is 14.0 Å². The Bertz CT molecular complexity index is 614. The van der Waals surface area contributed by atoms with Gasteiger partial charge in [-0.3, -0.25) is 9.59 Å². The van der Waals surface area contributed by atoms with Crippen LogP contribution in [0.5, 0.6) is 0 Å². The highest BCUT2D eigenvalue weighted by atomic mass is 32.2. The highest BCUT2D eigenvalue weighted by Crippen LogP contribution is 2.10. The molecule has 2 aromatic carbocycles. The summed E-state index contributed by atoms with van der Waals surface area (Å²) in [4.78, 5) is 23.5. The molecule has 108 valence electrons. The highest BCUT2D eigenvalue weighted by molar-refractivity contribution is 8.00. The van der Waals surface area contributed by atoms with Gasteiger partial charge < -0.3 is 5.32 Å². The monoisotopic (exact) mass is 303 g/mol. The molecule has 0 aliphatic heterocycles. The lowest BCUT2D eigenvalue weighted by molar-refractivity contribution is -0.113. The number of nitrogens with one attached hydrogen (secondary N) is 1. The Hall–Kier alpha value is -2.14. The number of ketones is 1. The third-order valence-electron chi connectivity index (χ3n) is 2.69. The van der Waals surface area contributed by atoms with Gasteiger partial charge in [-0.2, -0.15) is 0 Å². The maximum absolute atomic E-state index is 12.7. The lowest BCUT2D eigenvalue weighted by Crippen LogP contribution is -2.15. The number of anilines is 1. The zero-order chi connectivity index (χ0) is 15.1. The molecule has 0 aromatic heterocycles. The minimum atomic E-state index is -0.374. The van der Waals surface area contributed by atoms with Gasteiger partial charge in [0.15, 0.2) is 5.78 Å². The van der Waals surface area contributed by atoms with E-state index in [0.717, 1.165) is 5.69 Å². The van der Waals surface area contributed by atoms with E-state index < -0.39 is 0 Å². The van der Waals surface area contributed by atoms with Gasteiger partial charge >= 0.3 is 0 Å². The van der Waals surface area contributed by atoms with Gasteiger partial charge in [-0.15, -0.1) is 11.8 Å². The first kappa shape index (κ1) is 15.3. The number of halogens is 1. The maximum Gasteiger partial charge on any atom is 0.234 e. The molecule has 0 aliphatic rings. The van der Waals surface area contributed by atoms with Gasteiger partial charge in [0.25, 0.3) is 0 Å². The van der Waals surface area contributed by atoms with Crippen LogP contribution in [-0.2, 0) is 4.79 Å². The Labute approximate surface area is 126 Å². The van der Waals surface area contributed by atoms with Crippen molar-refractivity contribution >= 4 is 29.1 Å². The van der Waals surface area contributed by atoms with Crippen molar-refractivity contribution in [1.82, 2.24) is 0 Å². The van der Waals surface area contributed by atoms with Crippen LogP contribution in [0.4, 0.5) is 10.1 Å². The predicted octanol–water partition coefficient (Wildman–Crippen LogP) is 3.38. The lowest BCUT2D eigenvalue weighted by atomic mass is 10.1. The molecule has 0 saturated heterocycles. The van der Waals surface area contributed by atoms with Crippen molar-refractivity contribution in [3.8, 4) is 0 Å². The Kier molecular flexibility index (Phi) is 5.51. The summed E-state index contributed by atoms with van der Waals surface area (Å²) >= 11 is 1.23. The van der Waals surface area contributed by atoms with Crippen LogP contribution < -0.4 is 5.32 Å². The summed E-state index contributed by atoms with van der Waals surface area (Å²) in [6, 6.07) is 14.5. The predicted molar refractivity (Wildman–Crippen MR) is 83.1 cm³/mol. The summed E-state index contributed by atoms with van der Waals surface area (Å²) in [5.74, 6) is -0.262. The topological polar surface area (TPSA) is 46.2 Å². The number of thioether (sulfide) groups is 1. The summed E-state index contributed by atoms with van der Waals surface area (Å²) in [5, 5.41) is 2.74. The fourth-order valence-corrected chi connectivity index (χ4v) is 2.39. The Morgan fingerprint density at radius 3 is 2.29 bits per heavy atom. The van der Waals surface area contributed by atoms with Gasteiger partial charge in [0.05, 0.1) is 11.5 Å². The average molecular weight is 303 g/mol. The minimum absolute atomic E-state index is 0.118. The fraction of sp³-hybridized carbons (Fsp3) is 0.125. The molecule has 0 bridgehead atoms. The number of Topliss-reactive ketones (excluding diaryl/α,β-unsaturated/α-hetero) is 1. The quantitative estimate of drug-likeness (QED) is 0.832. The molecule has 1 N–H and O–H groups in total. The van der Waals surface area contributed by atoms with Crippen LogP contribution in [0.3, 0.4) is 0 Å². The van der Waals surface area contributed by atoms with Gasteiger partial charge in [-0.1, -0.05) is 18.2 Å². The zero-order valence-electron chi connectivity index (χ0n) is 11.2. The van der Waals surface area contributed by atoms with Gasteiger partial charge in [0, 0.05) is 11.3 Å². The smallest absolute Gasteiger partial charge is 0.234 e. The van der Waals surface area contributed by atoms with Crippen molar-refractivity contribution in [2.24, 2.45) is 0 Å². The molecular formula is C16H14FNO2S. The molecule has 0 fully saturated rings. The second-order valence-electron chi connectivity index (χ2n) is 4.34. The van der Waals surface area contributed by atoms with Crippen molar-refractivity contribution in [3.63, 3.8) is 0 Å². The number of carbonyl (C=O) groups is 2. The van der Waals surface area contributed by atoms with E-state index in [1.165, 1.54) is 36.0 Å². The number of amides is 1. The molecule has 0 atom stereocenters. The maximum atomic E-state index is 12.7. The first-order chi connectivity index (χ1) is 10.1. The lowest BCUT2D eigenvalue weighted by Gasteiger charge is -2.04. The second kappa shape index (κ2) is 7.59. The van der Waals surface area contributed by atoms with Crippen LogP contribution in [0.2, 0.25) is 0 Å². The summed E-state index contributed by atoms with van der Waals surface area (Å²) in [6.07, 6.45) is 0. The molecule has 0 radical (unpaired) electrons. The SMILES string of the molecule is O=C(CSCC(=O)c1ccc(F)cc1)Nc1ccccc1. The van der Waals surface area contributed by atoms with Gasteiger partial charge in [-0.05, 0) is 36.4 Å². The zero-order valence-corrected chi connectivity index (χ0v) is 12.0. The molecule has 5 heteroatoms. The van der Waals surface area contributed by atoms with E-state index in [2.05, 4.69) is 5.32 Å². The third-order valence-corrected chi connectivity index (χ3v) is 3.62. The van der Waals surface area contributed by atoms with Crippen LogP contribution in [-0.4, -0.2) is 23.2 Å². The number of benzene rings is 2. The first-order valence-corrected chi connectivity index (χ1v) is 7.52. The van der Waals surface area contributed by atoms with E-state index in [0.29, 0.717) is 5.56 Å². The first-order valence-electron chi connectivity index (χ1n) is 6.36. The van der Waals surface area contributed by atoms with Crippen LogP contribution >= 0.6 is 11.8 Å². The molecule has 0 unspecified atom stereocenters.